The summed E-state index contributed by atoms with van der Waals surface area (Å²) in [5.74, 6) is -0.553. The summed E-state index contributed by atoms with van der Waals surface area (Å²) < 4.78 is 11.7. The molecule has 3 rings (SSSR count). The summed E-state index contributed by atoms with van der Waals surface area (Å²) in [5.41, 5.74) is 0.793. The molecule has 0 unspecified atom stereocenters. The van der Waals surface area contributed by atoms with E-state index in [-0.39, 0.29) is 17.9 Å². The number of carbonyl (C=O) groups excluding carboxylic acids is 1. The first-order valence-electron chi connectivity index (χ1n) is 9.60. The van der Waals surface area contributed by atoms with Gasteiger partial charge in [-0.3, -0.25) is 9.69 Å². The maximum atomic E-state index is 12.5. The van der Waals surface area contributed by atoms with Crippen molar-refractivity contribution in [3.8, 4) is 5.69 Å². The molecule has 1 N–H and O–H groups in total. The van der Waals surface area contributed by atoms with E-state index in [1.54, 1.807) is 19.1 Å². The lowest BCUT2D eigenvalue weighted by atomic mass is 10.2. The number of esters is 1. The van der Waals surface area contributed by atoms with Gasteiger partial charge in [-0.05, 0) is 32.0 Å². The van der Waals surface area contributed by atoms with Crippen LogP contribution in [-0.4, -0.2) is 66.6 Å². The lowest BCUT2D eigenvalue weighted by Crippen LogP contribution is -2.37. The molecule has 0 bridgehead atoms. The van der Waals surface area contributed by atoms with Crippen LogP contribution in [0.2, 0.25) is 0 Å². The summed E-state index contributed by atoms with van der Waals surface area (Å²) in [6.07, 6.45) is 0.879. The Kier molecular flexibility index (Phi) is 7.16. The number of para-hydroxylation sites is 1. The molecule has 0 spiro atoms. The summed E-state index contributed by atoms with van der Waals surface area (Å²) in [6.45, 7) is 6.93. The third-order valence-electron chi connectivity index (χ3n) is 4.47. The number of aromatic nitrogens is 2. The van der Waals surface area contributed by atoms with Crippen molar-refractivity contribution < 1.29 is 14.3 Å². The van der Waals surface area contributed by atoms with Crippen LogP contribution in [0.1, 0.15) is 23.8 Å². The number of nitrogens with zero attached hydrogens (tertiary/aromatic N) is 3. The maximum absolute atomic E-state index is 12.5. The zero-order chi connectivity index (χ0) is 19.8. The molecule has 1 aliphatic rings. The second kappa shape index (κ2) is 10.0. The first-order chi connectivity index (χ1) is 13.7. The molecule has 28 heavy (non-hydrogen) atoms. The average Bonchev–Trinajstić information content (AvgIpc) is 2.73. The quantitative estimate of drug-likeness (QED) is 0.544. The molecule has 0 aliphatic carbocycles. The minimum atomic E-state index is -0.553. The molecule has 0 amide bonds. The molecule has 1 aromatic heterocycles. The Hall–Kier alpha value is -2.71. The van der Waals surface area contributed by atoms with Crippen LogP contribution in [0.25, 0.3) is 5.69 Å². The van der Waals surface area contributed by atoms with Gasteiger partial charge in [0.25, 0.3) is 5.56 Å². The number of morpholine rings is 1. The number of hydrogen-bond donors (Lipinski definition) is 1. The minimum Gasteiger partial charge on any atom is -0.461 e. The van der Waals surface area contributed by atoms with Gasteiger partial charge in [0, 0.05) is 25.7 Å². The van der Waals surface area contributed by atoms with Crippen molar-refractivity contribution in [1.29, 1.82) is 0 Å². The van der Waals surface area contributed by atoms with E-state index >= 15 is 0 Å². The molecular weight excluding hydrogens is 360 g/mol. The largest absolute Gasteiger partial charge is 0.461 e. The summed E-state index contributed by atoms with van der Waals surface area (Å²) in [7, 11) is 0. The first-order valence-corrected chi connectivity index (χ1v) is 9.60. The highest BCUT2D eigenvalue weighted by molar-refractivity contribution is 5.93. The van der Waals surface area contributed by atoms with Gasteiger partial charge in [0.15, 0.2) is 5.69 Å². The number of hydrogen-bond acceptors (Lipinski definition) is 7. The second-order valence-electron chi connectivity index (χ2n) is 6.45. The summed E-state index contributed by atoms with van der Waals surface area (Å²) in [4.78, 5) is 27.3. The molecular formula is C20H26N4O4. The maximum Gasteiger partial charge on any atom is 0.360 e. The highest BCUT2D eigenvalue weighted by Gasteiger charge is 2.18. The van der Waals surface area contributed by atoms with E-state index in [1.807, 2.05) is 18.2 Å². The van der Waals surface area contributed by atoms with Crippen LogP contribution in [0.5, 0.6) is 0 Å². The van der Waals surface area contributed by atoms with Crippen LogP contribution in [-0.2, 0) is 9.47 Å². The molecule has 0 radical (unpaired) electrons. The standard InChI is InChI=1S/C20H26N4O4/c1-2-28-20(26)19-17(21-9-6-10-23-11-13-27-14-12-23)15-18(25)24(22-19)16-7-4-3-5-8-16/h3-5,7-8,15,21H,2,6,9-14H2,1H3. The predicted molar refractivity (Wildman–Crippen MR) is 106 cm³/mol. The highest BCUT2D eigenvalue weighted by atomic mass is 16.5. The van der Waals surface area contributed by atoms with E-state index < -0.39 is 5.97 Å². The molecule has 1 aromatic carbocycles. The Labute approximate surface area is 164 Å². The zero-order valence-corrected chi connectivity index (χ0v) is 16.1. The molecule has 150 valence electrons. The number of rotatable bonds is 8. The molecule has 8 heteroatoms. The number of benzene rings is 1. The van der Waals surface area contributed by atoms with Crippen molar-refractivity contribution in [2.75, 3.05) is 51.3 Å². The monoisotopic (exact) mass is 386 g/mol. The number of nitrogens with one attached hydrogen (secondary N) is 1. The van der Waals surface area contributed by atoms with Crippen LogP contribution < -0.4 is 10.9 Å². The van der Waals surface area contributed by atoms with Crippen molar-refractivity contribution >= 4 is 11.7 Å². The highest BCUT2D eigenvalue weighted by Crippen LogP contribution is 2.14. The van der Waals surface area contributed by atoms with Crippen LogP contribution in [0.15, 0.2) is 41.2 Å². The van der Waals surface area contributed by atoms with Gasteiger partial charge in [-0.25, -0.2) is 4.79 Å². The SMILES string of the molecule is CCOC(=O)c1nn(-c2ccccc2)c(=O)cc1NCCCN1CCOCC1. The molecule has 2 heterocycles. The molecule has 1 fully saturated rings. The molecule has 1 saturated heterocycles. The smallest absolute Gasteiger partial charge is 0.360 e. The fraction of sp³-hybridized carbons (Fsp3) is 0.450. The number of ether oxygens (including phenoxy) is 2. The van der Waals surface area contributed by atoms with E-state index in [2.05, 4.69) is 15.3 Å². The average molecular weight is 386 g/mol. The predicted octanol–water partition coefficient (Wildman–Crippen LogP) is 1.54. The van der Waals surface area contributed by atoms with Crippen molar-refractivity contribution in [3.05, 3.63) is 52.4 Å². The Balaban J connectivity index is 1.74. The third kappa shape index (κ3) is 5.17. The first kappa shape index (κ1) is 20.0. The number of anilines is 1. The zero-order valence-electron chi connectivity index (χ0n) is 16.1. The third-order valence-corrected chi connectivity index (χ3v) is 4.47. The van der Waals surface area contributed by atoms with Gasteiger partial charge in [-0.1, -0.05) is 18.2 Å². The van der Waals surface area contributed by atoms with Gasteiger partial charge in [-0.2, -0.15) is 9.78 Å². The molecule has 2 aromatic rings. The van der Waals surface area contributed by atoms with E-state index in [4.69, 9.17) is 9.47 Å². The molecule has 1 aliphatic heterocycles. The summed E-state index contributed by atoms with van der Waals surface area (Å²) in [6, 6.07) is 10.4. The van der Waals surface area contributed by atoms with E-state index in [9.17, 15) is 9.59 Å². The lowest BCUT2D eigenvalue weighted by molar-refractivity contribution is 0.0378. The van der Waals surface area contributed by atoms with Crippen molar-refractivity contribution in [3.63, 3.8) is 0 Å². The molecule has 0 saturated carbocycles. The molecule has 8 nitrogen and oxygen atoms in total. The fourth-order valence-corrected chi connectivity index (χ4v) is 3.05. The van der Waals surface area contributed by atoms with Crippen LogP contribution >= 0.6 is 0 Å². The van der Waals surface area contributed by atoms with Gasteiger partial charge >= 0.3 is 5.97 Å². The topological polar surface area (TPSA) is 85.7 Å². The normalized spacial score (nSPS) is 14.6. The van der Waals surface area contributed by atoms with Crippen molar-refractivity contribution in [1.82, 2.24) is 14.7 Å². The van der Waals surface area contributed by atoms with Crippen molar-refractivity contribution in [2.24, 2.45) is 0 Å². The Morgan fingerprint density at radius 1 is 1.25 bits per heavy atom. The number of carbonyl (C=O) groups is 1. The van der Waals surface area contributed by atoms with Gasteiger partial charge in [0.1, 0.15) is 0 Å². The van der Waals surface area contributed by atoms with Gasteiger partial charge in [0.2, 0.25) is 0 Å². The van der Waals surface area contributed by atoms with Gasteiger partial charge in [-0.15, -0.1) is 0 Å². The second-order valence-corrected chi connectivity index (χ2v) is 6.45. The van der Waals surface area contributed by atoms with Crippen LogP contribution in [0, 0.1) is 0 Å². The van der Waals surface area contributed by atoms with Crippen molar-refractivity contribution in [2.45, 2.75) is 13.3 Å². The summed E-state index contributed by atoms with van der Waals surface area (Å²) >= 11 is 0. The van der Waals surface area contributed by atoms with E-state index in [1.165, 1.54) is 10.7 Å². The minimum absolute atomic E-state index is 0.108. The van der Waals surface area contributed by atoms with Crippen LogP contribution in [0.4, 0.5) is 5.69 Å². The summed E-state index contributed by atoms with van der Waals surface area (Å²) in [5, 5.41) is 7.45. The van der Waals surface area contributed by atoms with E-state index in [0.29, 0.717) is 17.9 Å². The van der Waals surface area contributed by atoms with Gasteiger partial charge in [0.05, 0.1) is 31.2 Å². The Morgan fingerprint density at radius 3 is 2.71 bits per heavy atom. The Bertz CT molecular complexity index is 832. The van der Waals surface area contributed by atoms with E-state index in [0.717, 1.165) is 39.3 Å². The lowest BCUT2D eigenvalue weighted by Gasteiger charge is -2.26. The van der Waals surface area contributed by atoms with Crippen LogP contribution in [0.3, 0.4) is 0 Å². The molecule has 0 atom stereocenters. The Morgan fingerprint density at radius 2 is 2.00 bits per heavy atom. The fourth-order valence-electron chi connectivity index (χ4n) is 3.05. The van der Waals surface area contributed by atoms with Gasteiger partial charge < -0.3 is 14.8 Å².